The predicted molar refractivity (Wildman–Crippen MR) is 141 cm³/mol. The van der Waals surface area contributed by atoms with Crippen molar-refractivity contribution in [2.75, 3.05) is 0 Å². The Balaban J connectivity index is 1.17. The molecule has 2 amide bonds. The highest BCUT2D eigenvalue weighted by molar-refractivity contribution is 5.90. The SMILES string of the molecule is CC(CCC(=O)NCc1ccc(C(=O)NO)o1)[C@H]1CC[C@H]2[C@@H]3[C@@H](O)C[C@@H]4C[C@H](O)CC[C@]4(C)[C@H]3CC[C@]12C. The van der Waals surface area contributed by atoms with Gasteiger partial charge in [0.15, 0.2) is 5.76 Å². The molecule has 4 fully saturated rings. The Hall–Kier alpha value is -1.90. The van der Waals surface area contributed by atoms with Crippen molar-refractivity contribution in [1.29, 1.82) is 0 Å². The number of aliphatic hydroxyl groups is 2. The molecule has 10 atom stereocenters. The predicted octanol–water partition coefficient (Wildman–Crippen LogP) is 4.42. The van der Waals surface area contributed by atoms with Gasteiger partial charge in [0, 0.05) is 6.42 Å². The number of amides is 2. The summed E-state index contributed by atoms with van der Waals surface area (Å²) in [5.41, 5.74) is 1.97. The van der Waals surface area contributed by atoms with Gasteiger partial charge in [0.25, 0.3) is 0 Å². The lowest BCUT2D eigenvalue weighted by Gasteiger charge is -2.62. The van der Waals surface area contributed by atoms with E-state index in [1.54, 1.807) is 6.07 Å². The number of fused-ring (bicyclic) bond motifs is 5. The van der Waals surface area contributed by atoms with Crippen LogP contribution in [0.5, 0.6) is 0 Å². The van der Waals surface area contributed by atoms with Gasteiger partial charge in [-0.1, -0.05) is 20.8 Å². The van der Waals surface area contributed by atoms with Crippen LogP contribution >= 0.6 is 0 Å². The van der Waals surface area contributed by atoms with Crippen LogP contribution in [0.3, 0.4) is 0 Å². The molecule has 4 aliphatic rings. The highest BCUT2D eigenvalue weighted by Crippen LogP contribution is 2.68. The minimum Gasteiger partial charge on any atom is -0.454 e. The molecule has 4 saturated carbocycles. The van der Waals surface area contributed by atoms with E-state index in [-0.39, 0.29) is 41.3 Å². The van der Waals surface area contributed by atoms with E-state index in [2.05, 4.69) is 26.1 Å². The summed E-state index contributed by atoms with van der Waals surface area (Å²) in [6.07, 6.45) is 9.16. The molecular weight excluding hydrogens is 484 g/mol. The number of rotatable bonds is 7. The van der Waals surface area contributed by atoms with Crippen LogP contribution in [0.2, 0.25) is 0 Å². The third-order valence-corrected chi connectivity index (χ3v) is 11.7. The summed E-state index contributed by atoms with van der Waals surface area (Å²) in [4.78, 5) is 24.0. The second-order valence-electron chi connectivity index (χ2n) is 13.5. The van der Waals surface area contributed by atoms with Crippen LogP contribution in [0.25, 0.3) is 0 Å². The second-order valence-corrected chi connectivity index (χ2v) is 13.5. The molecule has 1 unspecified atom stereocenters. The molecule has 4 aliphatic carbocycles. The Morgan fingerprint density at radius 1 is 1.05 bits per heavy atom. The van der Waals surface area contributed by atoms with Gasteiger partial charge in [0.05, 0.1) is 18.8 Å². The summed E-state index contributed by atoms with van der Waals surface area (Å²) in [6.45, 7) is 7.41. The van der Waals surface area contributed by atoms with E-state index in [9.17, 15) is 19.8 Å². The Bertz CT molecular complexity index is 1030. The monoisotopic (exact) mass is 530 g/mol. The minimum atomic E-state index is -0.721. The molecule has 0 radical (unpaired) electrons. The van der Waals surface area contributed by atoms with E-state index in [4.69, 9.17) is 9.62 Å². The van der Waals surface area contributed by atoms with Crippen LogP contribution in [0.4, 0.5) is 0 Å². The molecule has 5 N–H and O–H groups in total. The van der Waals surface area contributed by atoms with E-state index in [1.165, 1.54) is 37.2 Å². The van der Waals surface area contributed by atoms with E-state index < -0.39 is 5.91 Å². The van der Waals surface area contributed by atoms with Crippen molar-refractivity contribution in [2.45, 2.75) is 104 Å². The van der Waals surface area contributed by atoms with Crippen LogP contribution in [0.15, 0.2) is 16.5 Å². The molecule has 0 bridgehead atoms. The van der Waals surface area contributed by atoms with Gasteiger partial charge in [0.2, 0.25) is 5.91 Å². The Morgan fingerprint density at radius 2 is 1.79 bits per heavy atom. The number of carbonyl (C=O) groups excluding carboxylic acids is 2. The molecule has 0 spiro atoms. The zero-order valence-corrected chi connectivity index (χ0v) is 23.1. The highest BCUT2D eigenvalue weighted by Gasteiger charge is 2.62. The fourth-order valence-electron chi connectivity index (χ4n) is 9.66. The summed E-state index contributed by atoms with van der Waals surface area (Å²) in [6, 6.07) is 3.07. The molecule has 1 aromatic rings. The molecule has 8 nitrogen and oxygen atoms in total. The van der Waals surface area contributed by atoms with Crippen molar-refractivity contribution in [2.24, 2.45) is 46.3 Å². The lowest BCUT2D eigenvalue weighted by molar-refractivity contribution is -0.174. The van der Waals surface area contributed by atoms with E-state index >= 15 is 0 Å². The van der Waals surface area contributed by atoms with Gasteiger partial charge in [-0.05, 0) is 116 Å². The number of aliphatic hydroxyl groups excluding tert-OH is 2. The van der Waals surface area contributed by atoms with Crippen LogP contribution < -0.4 is 10.8 Å². The molecule has 0 saturated heterocycles. The van der Waals surface area contributed by atoms with Gasteiger partial charge in [-0.3, -0.25) is 14.8 Å². The van der Waals surface area contributed by atoms with Gasteiger partial charge in [-0.15, -0.1) is 0 Å². The summed E-state index contributed by atoms with van der Waals surface area (Å²) < 4.78 is 5.34. The fourth-order valence-corrected chi connectivity index (χ4v) is 9.66. The Labute approximate surface area is 225 Å². The smallest absolute Gasteiger partial charge is 0.310 e. The highest BCUT2D eigenvalue weighted by atomic mass is 16.5. The first-order valence-electron chi connectivity index (χ1n) is 14.7. The van der Waals surface area contributed by atoms with Gasteiger partial charge < -0.3 is 19.9 Å². The van der Waals surface area contributed by atoms with Crippen molar-refractivity contribution in [3.8, 4) is 0 Å². The van der Waals surface area contributed by atoms with Gasteiger partial charge in [-0.25, -0.2) is 5.48 Å². The zero-order valence-electron chi connectivity index (χ0n) is 23.1. The normalized spacial score (nSPS) is 40.9. The molecule has 212 valence electrons. The van der Waals surface area contributed by atoms with Crippen molar-refractivity contribution in [1.82, 2.24) is 10.8 Å². The van der Waals surface area contributed by atoms with Crippen molar-refractivity contribution in [3.63, 3.8) is 0 Å². The second kappa shape index (κ2) is 10.6. The molecule has 0 aliphatic heterocycles. The number of furan rings is 1. The third kappa shape index (κ3) is 4.81. The summed E-state index contributed by atoms with van der Waals surface area (Å²) >= 11 is 0. The van der Waals surface area contributed by atoms with Crippen LogP contribution in [-0.4, -0.2) is 39.4 Å². The first-order chi connectivity index (χ1) is 18.1. The lowest BCUT2D eigenvalue weighted by Crippen LogP contribution is -2.58. The molecule has 38 heavy (non-hydrogen) atoms. The number of hydrogen-bond acceptors (Lipinski definition) is 6. The number of hydrogen-bond donors (Lipinski definition) is 5. The average molecular weight is 531 g/mol. The zero-order chi connectivity index (χ0) is 27.2. The van der Waals surface area contributed by atoms with Gasteiger partial charge in [-0.2, -0.15) is 0 Å². The minimum absolute atomic E-state index is 0.00204. The van der Waals surface area contributed by atoms with Crippen molar-refractivity contribution >= 4 is 11.8 Å². The summed E-state index contributed by atoms with van der Waals surface area (Å²) in [7, 11) is 0. The maximum Gasteiger partial charge on any atom is 0.310 e. The molecule has 1 heterocycles. The first-order valence-corrected chi connectivity index (χ1v) is 14.7. The van der Waals surface area contributed by atoms with Gasteiger partial charge >= 0.3 is 5.91 Å². The summed E-state index contributed by atoms with van der Waals surface area (Å²) in [5, 5.41) is 33.3. The molecular formula is C30H46N2O6. The van der Waals surface area contributed by atoms with E-state index in [1.807, 2.05) is 0 Å². The van der Waals surface area contributed by atoms with Crippen molar-refractivity contribution < 1.29 is 29.4 Å². The maximum absolute atomic E-state index is 12.6. The van der Waals surface area contributed by atoms with E-state index in [0.717, 1.165) is 32.1 Å². The quantitative estimate of drug-likeness (QED) is 0.262. The van der Waals surface area contributed by atoms with Crippen LogP contribution in [0, 0.1) is 46.3 Å². The molecule has 8 heteroatoms. The summed E-state index contributed by atoms with van der Waals surface area (Å²) in [5.74, 6) is 2.55. The number of hydroxylamine groups is 1. The standard InChI is InChI=1S/C30H46N2O6/c1-17(4-9-26(35)31-16-20-5-8-25(38-20)28(36)32-37)21-6-7-22-27-23(11-13-30(21,22)3)29(2)12-10-19(33)14-18(29)15-24(27)34/h5,8,17-19,21-24,27,33-34,37H,4,6-7,9-16H2,1-3H3,(H,31,35)(H,32,36)/t17?,18-,19+,21+,22-,23-,24-,27-,29-,30+/m0/s1. The molecule has 0 aromatic carbocycles. The largest absolute Gasteiger partial charge is 0.454 e. The first kappa shape index (κ1) is 27.7. The maximum atomic E-state index is 12.6. The van der Waals surface area contributed by atoms with Crippen molar-refractivity contribution in [3.05, 3.63) is 23.7 Å². The fraction of sp³-hybridized carbons (Fsp3) is 0.800. The third-order valence-electron chi connectivity index (χ3n) is 11.7. The average Bonchev–Trinajstić information content (AvgIpc) is 3.51. The van der Waals surface area contributed by atoms with E-state index in [0.29, 0.717) is 47.7 Å². The Kier molecular flexibility index (Phi) is 7.70. The molecule has 1 aromatic heterocycles. The van der Waals surface area contributed by atoms with Gasteiger partial charge in [0.1, 0.15) is 5.76 Å². The number of carbonyl (C=O) groups is 2. The van der Waals surface area contributed by atoms with Crippen LogP contribution in [0.1, 0.15) is 101 Å². The Morgan fingerprint density at radius 3 is 2.55 bits per heavy atom. The molecule has 5 rings (SSSR count). The topological polar surface area (TPSA) is 132 Å². The number of nitrogens with one attached hydrogen (secondary N) is 2. The lowest BCUT2D eigenvalue weighted by atomic mass is 9.43. The van der Waals surface area contributed by atoms with Crippen LogP contribution in [-0.2, 0) is 11.3 Å².